The van der Waals surface area contributed by atoms with E-state index in [4.69, 9.17) is 0 Å². The van der Waals surface area contributed by atoms with Crippen LogP contribution in [-0.2, 0) is 6.54 Å². The van der Waals surface area contributed by atoms with Crippen molar-refractivity contribution in [3.8, 4) is 0 Å². The molecule has 2 N–H and O–H groups in total. The number of anilines is 1. The zero-order valence-electron chi connectivity index (χ0n) is 12.1. The highest BCUT2D eigenvalue weighted by molar-refractivity contribution is 7.99. The molecule has 2 rings (SSSR count). The van der Waals surface area contributed by atoms with Crippen molar-refractivity contribution >= 4 is 35.2 Å². The summed E-state index contributed by atoms with van der Waals surface area (Å²) >= 11 is 3.32. The third-order valence-corrected chi connectivity index (χ3v) is 4.51. The first-order valence-electron chi connectivity index (χ1n) is 6.53. The van der Waals surface area contributed by atoms with E-state index in [0.717, 1.165) is 16.1 Å². The predicted molar refractivity (Wildman–Crippen MR) is 92.3 cm³/mol. The van der Waals surface area contributed by atoms with Crippen molar-refractivity contribution in [2.24, 2.45) is 0 Å². The van der Waals surface area contributed by atoms with E-state index in [9.17, 15) is 4.79 Å². The molecule has 0 radical (unpaired) electrons. The van der Waals surface area contributed by atoms with Crippen molar-refractivity contribution in [2.75, 3.05) is 17.8 Å². The average molecular weight is 318 g/mol. The summed E-state index contributed by atoms with van der Waals surface area (Å²) < 4.78 is 0. The van der Waals surface area contributed by atoms with Crippen LogP contribution >= 0.6 is 23.5 Å². The van der Waals surface area contributed by atoms with Crippen molar-refractivity contribution in [2.45, 2.75) is 16.3 Å². The lowest BCUT2D eigenvalue weighted by molar-refractivity contribution is 0.251. The molecule has 21 heavy (non-hydrogen) atoms. The Morgan fingerprint density at radius 2 is 1.71 bits per heavy atom. The molecular formula is C16H18N2OS2. The summed E-state index contributed by atoms with van der Waals surface area (Å²) in [4.78, 5) is 14.2. The number of hydrogen-bond acceptors (Lipinski definition) is 3. The fraction of sp³-hybridized carbons (Fsp3) is 0.188. The molecule has 0 saturated carbocycles. The highest BCUT2D eigenvalue weighted by atomic mass is 32.2. The highest BCUT2D eigenvalue weighted by Crippen LogP contribution is 2.24. The number of benzene rings is 2. The Kier molecular flexibility index (Phi) is 6.02. The summed E-state index contributed by atoms with van der Waals surface area (Å²) in [5.41, 5.74) is 1.92. The molecular weight excluding hydrogens is 300 g/mol. The number of nitrogens with one attached hydrogen (secondary N) is 2. The lowest BCUT2D eigenvalue weighted by atomic mass is 10.2. The first-order chi connectivity index (χ1) is 10.2. The van der Waals surface area contributed by atoms with Gasteiger partial charge in [0.1, 0.15) is 0 Å². The van der Waals surface area contributed by atoms with Gasteiger partial charge in [-0.15, -0.1) is 23.5 Å². The van der Waals surface area contributed by atoms with E-state index in [1.165, 1.54) is 4.90 Å². The van der Waals surface area contributed by atoms with Gasteiger partial charge in [-0.2, -0.15) is 0 Å². The van der Waals surface area contributed by atoms with Gasteiger partial charge < -0.3 is 10.6 Å². The van der Waals surface area contributed by atoms with Crippen molar-refractivity contribution in [1.82, 2.24) is 5.32 Å². The molecule has 2 aromatic rings. The minimum Gasteiger partial charge on any atom is -0.334 e. The second-order valence-electron chi connectivity index (χ2n) is 4.36. The van der Waals surface area contributed by atoms with Gasteiger partial charge in [-0.05, 0) is 42.3 Å². The van der Waals surface area contributed by atoms with Crippen LogP contribution in [0, 0.1) is 0 Å². The van der Waals surface area contributed by atoms with E-state index in [2.05, 4.69) is 22.8 Å². The summed E-state index contributed by atoms with van der Waals surface area (Å²) in [7, 11) is 0. The molecule has 0 fully saturated rings. The molecule has 2 amide bonds. The smallest absolute Gasteiger partial charge is 0.319 e. The molecule has 3 nitrogen and oxygen atoms in total. The SMILES string of the molecule is CSc1ccc(CNC(=O)Nc2ccccc2SC)cc1. The molecule has 0 aliphatic carbocycles. The number of urea groups is 1. The van der Waals surface area contributed by atoms with E-state index in [0.29, 0.717) is 6.54 Å². The number of thioether (sulfide) groups is 2. The monoisotopic (exact) mass is 318 g/mol. The second-order valence-corrected chi connectivity index (χ2v) is 6.08. The van der Waals surface area contributed by atoms with E-state index < -0.39 is 0 Å². The molecule has 0 aliphatic heterocycles. The molecule has 5 heteroatoms. The predicted octanol–water partition coefficient (Wildman–Crippen LogP) is 4.45. The van der Waals surface area contributed by atoms with Gasteiger partial charge in [-0.3, -0.25) is 0 Å². The third kappa shape index (κ3) is 4.72. The first-order valence-corrected chi connectivity index (χ1v) is 8.98. The van der Waals surface area contributed by atoms with Crippen LogP contribution in [0.4, 0.5) is 10.5 Å². The van der Waals surface area contributed by atoms with Crippen LogP contribution in [0.2, 0.25) is 0 Å². The number of para-hydroxylation sites is 1. The molecule has 0 aromatic heterocycles. The zero-order chi connectivity index (χ0) is 15.1. The summed E-state index contributed by atoms with van der Waals surface area (Å²) in [6.45, 7) is 0.516. The van der Waals surface area contributed by atoms with E-state index >= 15 is 0 Å². The third-order valence-electron chi connectivity index (χ3n) is 2.97. The number of carbonyl (C=O) groups excluding carboxylic acids is 1. The van der Waals surface area contributed by atoms with Crippen LogP contribution in [-0.4, -0.2) is 18.5 Å². The minimum absolute atomic E-state index is 0.189. The van der Waals surface area contributed by atoms with Crippen molar-refractivity contribution in [3.63, 3.8) is 0 Å². The van der Waals surface area contributed by atoms with Gasteiger partial charge >= 0.3 is 6.03 Å². The van der Waals surface area contributed by atoms with Crippen LogP contribution < -0.4 is 10.6 Å². The molecule has 0 saturated heterocycles. The second kappa shape index (κ2) is 8.00. The van der Waals surface area contributed by atoms with Gasteiger partial charge in [0.15, 0.2) is 0 Å². The van der Waals surface area contributed by atoms with E-state index in [1.54, 1.807) is 23.5 Å². The van der Waals surface area contributed by atoms with Crippen LogP contribution in [0.1, 0.15) is 5.56 Å². The summed E-state index contributed by atoms with van der Waals surface area (Å²) in [6.07, 6.45) is 4.04. The standard InChI is InChI=1S/C16H18N2OS2/c1-20-13-9-7-12(8-10-13)11-17-16(19)18-14-5-3-4-6-15(14)21-2/h3-10H,11H2,1-2H3,(H2,17,18,19). The van der Waals surface area contributed by atoms with E-state index in [1.807, 2.05) is 48.9 Å². The van der Waals surface area contributed by atoms with Crippen LogP contribution in [0.15, 0.2) is 58.3 Å². The van der Waals surface area contributed by atoms with Gasteiger partial charge in [0, 0.05) is 16.3 Å². The van der Waals surface area contributed by atoms with Crippen LogP contribution in [0.25, 0.3) is 0 Å². The quantitative estimate of drug-likeness (QED) is 0.800. The number of carbonyl (C=O) groups is 1. The van der Waals surface area contributed by atoms with Gasteiger partial charge in [0.2, 0.25) is 0 Å². The summed E-state index contributed by atoms with van der Waals surface area (Å²) in [6, 6.07) is 15.7. The van der Waals surface area contributed by atoms with Gasteiger partial charge in [0.25, 0.3) is 0 Å². The molecule has 0 spiro atoms. The lowest BCUT2D eigenvalue weighted by Crippen LogP contribution is -2.28. The zero-order valence-corrected chi connectivity index (χ0v) is 13.7. The van der Waals surface area contributed by atoms with E-state index in [-0.39, 0.29) is 6.03 Å². The Labute approximate surface area is 133 Å². The Hall–Kier alpha value is -1.59. The van der Waals surface area contributed by atoms with Crippen molar-refractivity contribution < 1.29 is 4.79 Å². The number of amides is 2. The Morgan fingerprint density at radius 1 is 1.00 bits per heavy atom. The largest absolute Gasteiger partial charge is 0.334 e. The molecule has 110 valence electrons. The maximum absolute atomic E-state index is 11.9. The lowest BCUT2D eigenvalue weighted by Gasteiger charge is -2.10. The molecule has 0 aliphatic rings. The Bertz CT molecular complexity index is 599. The molecule has 0 atom stereocenters. The molecule has 0 heterocycles. The molecule has 0 unspecified atom stereocenters. The van der Waals surface area contributed by atoms with Crippen molar-refractivity contribution in [1.29, 1.82) is 0 Å². The fourth-order valence-corrected chi connectivity index (χ4v) is 2.80. The molecule has 2 aromatic carbocycles. The van der Waals surface area contributed by atoms with Crippen LogP contribution in [0.3, 0.4) is 0 Å². The maximum Gasteiger partial charge on any atom is 0.319 e. The maximum atomic E-state index is 11.9. The number of rotatable bonds is 5. The van der Waals surface area contributed by atoms with Crippen LogP contribution in [0.5, 0.6) is 0 Å². The Balaban J connectivity index is 1.89. The van der Waals surface area contributed by atoms with Gasteiger partial charge in [0.05, 0.1) is 5.69 Å². The Morgan fingerprint density at radius 3 is 2.38 bits per heavy atom. The van der Waals surface area contributed by atoms with Gasteiger partial charge in [-0.1, -0.05) is 24.3 Å². The summed E-state index contributed by atoms with van der Waals surface area (Å²) in [5.74, 6) is 0. The minimum atomic E-state index is -0.189. The summed E-state index contributed by atoms with van der Waals surface area (Å²) in [5, 5.41) is 5.75. The fourth-order valence-electron chi connectivity index (χ4n) is 1.84. The number of hydrogen-bond donors (Lipinski definition) is 2. The normalized spacial score (nSPS) is 10.2. The first kappa shape index (κ1) is 15.8. The average Bonchev–Trinajstić information content (AvgIpc) is 2.54. The van der Waals surface area contributed by atoms with Gasteiger partial charge in [-0.25, -0.2) is 4.79 Å². The molecule has 0 bridgehead atoms. The topological polar surface area (TPSA) is 41.1 Å². The van der Waals surface area contributed by atoms with Crippen molar-refractivity contribution in [3.05, 3.63) is 54.1 Å². The highest BCUT2D eigenvalue weighted by Gasteiger charge is 2.05.